The second-order valence-corrected chi connectivity index (χ2v) is 10.5. The van der Waals surface area contributed by atoms with Crippen LogP contribution in [0.2, 0.25) is 0 Å². The summed E-state index contributed by atoms with van der Waals surface area (Å²) in [4.78, 5) is 11.1. The summed E-state index contributed by atoms with van der Waals surface area (Å²) in [5.74, 6) is 1.78. The van der Waals surface area contributed by atoms with Gasteiger partial charge in [-0.2, -0.15) is 0 Å². The molecule has 4 nitrogen and oxygen atoms in total. The summed E-state index contributed by atoms with van der Waals surface area (Å²) in [5.41, 5.74) is -0.576. The van der Waals surface area contributed by atoms with Crippen molar-refractivity contribution in [3.63, 3.8) is 0 Å². The number of carboxylic acids is 1. The number of hydrogen-bond donors (Lipinski definition) is 3. The topological polar surface area (TPSA) is 77.8 Å². The predicted octanol–water partition coefficient (Wildman–Crippen LogP) is 3.99. The summed E-state index contributed by atoms with van der Waals surface area (Å²) in [6.07, 6.45) is 9.89. The first-order chi connectivity index (χ1) is 12.2. The summed E-state index contributed by atoms with van der Waals surface area (Å²) >= 11 is 0. The number of fused-ring (bicyclic) bond motifs is 5. The van der Waals surface area contributed by atoms with Crippen molar-refractivity contribution in [2.24, 2.45) is 34.5 Å². The zero-order chi connectivity index (χ0) is 18.7. The maximum absolute atomic E-state index is 11.4. The van der Waals surface area contributed by atoms with Crippen LogP contribution in [0.15, 0.2) is 0 Å². The van der Waals surface area contributed by atoms with Gasteiger partial charge in [0.15, 0.2) is 0 Å². The molecule has 4 fully saturated rings. The van der Waals surface area contributed by atoms with Crippen LogP contribution in [0, 0.1) is 34.5 Å². The first-order valence-corrected chi connectivity index (χ1v) is 10.8. The summed E-state index contributed by atoms with van der Waals surface area (Å²) in [6, 6.07) is 0. The molecule has 4 aliphatic carbocycles. The Morgan fingerprint density at radius 3 is 2.46 bits per heavy atom. The number of aliphatic hydroxyl groups is 2. The molecule has 0 saturated heterocycles. The average Bonchev–Trinajstić information content (AvgIpc) is 2.86. The van der Waals surface area contributed by atoms with Gasteiger partial charge in [0, 0.05) is 6.42 Å². The van der Waals surface area contributed by atoms with Crippen molar-refractivity contribution < 1.29 is 20.1 Å². The van der Waals surface area contributed by atoms with Crippen LogP contribution in [0.25, 0.3) is 0 Å². The molecule has 0 amide bonds. The molecule has 0 aromatic heterocycles. The van der Waals surface area contributed by atoms with Gasteiger partial charge in [-0.1, -0.05) is 13.8 Å². The minimum Gasteiger partial charge on any atom is -0.481 e. The van der Waals surface area contributed by atoms with E-state index in [9.17, 15) is 15.0 Å². The molecular formula is C22H36O4. The second kappa shape index (κ2) is 6.20. The van der Waals surface area contributed by atoms with Crippen LogP contribution in [-0.2, 0) is 4.79 Å². The van der Waals surface area contributed by atoms with Crippen molar-refractivity contribution in [3.8, 4) is 0 Å². The zero-order valence-corrected chi connectivity index (χ0v) is 16.4. The van der Waals surface area contributed by atoms with Gasteiger partial charge in [-0.3, -0.25) is 4.79 Å². The number of hydrogen-bond acceptors (Lipinski definition) is 3. The molecule has 0 radical (unpaired) electrons. The smallest absolute Gasteiger partial charge is 0.303 e. The van der Waals surface area contributed by atoms with E-state index >= 15 is 0 Å². The van der Waals surface area contributed by atoms with Crippen molar-refractivity contribution in [2.75, 3.05) is 0 Å². The Kier molecular flexibility index (Phi) is 4.47. The lowest BCUT2D eigenvalue weighted by atomic mass is 9.44. The first-order valence-electron chi connectivity index (χ1n) is 10.8. The minimum absolute atomic E-state index is 0.0740. The summed E-state index contributed by atoms with van der Waals surface area (Å²) in [5, 5.41) is 30.7. The van der Waals surface area contributed by atoms with Gasteiger partial charge in [0.25, 0.3) is 0 Å². The maximum atomic E-state index is 11.4. The Morgan fingerprint density at radius 2 is 1.73 bits per heavy atom. The Balaban J connectivity index is 1.57. The van der Waals surface area contributed by atoms with E-state index < -0.39 is 11.6 Å². The van der Waals surface area contributed by atoms with Gasteiger partial charge in [0.05, 0.1) is 11.7 Å². The molecule has 0 bridgehead atoms. The molecule has 4 rings (SSSR count). The standard InChI is InChI=1S/C22H36O4/c1-20-9-5-15(23)13-14(20)3-4-16-17(20)6-10-21(2)18(16)7-11-22(21,26)12-8-19(24)25/h14-18,23,26H,3-13H2,1-2H3,(H,24,25)/t14?,15?,16-,17+,18+,20+,21+,22+/m1/s1. The Labute approximate surface area is 157 Å². The fraction of sp³-hybridized carbons (Fsp3) is 0.955. The number of carbonyl (C=O) groups is 1. The van der Waals surface area contributed by atoms with Crippen molar-refractivity contribution in [1.82, 2.24) is 0 Å². The van der Waals surface area contributed by atoms with Gasteiger partial charge >= 0.3 is 5.97 Å². The lowest BCUT2D eigenvalue weighted by Gasteiger charge is -2.61. The Morgan fingerprint density at radius 1 is 1.00 bits per heavy atom. The summed E-state index contributed by atoms with van der Waals surface area (Å²) in [6.45, 7) is 4.73. The molecule has 0 heterocycles. The third kappa shape index (κ3) is 2.58. The Bertz CT molecular complexity index is 576. The van der Waals surface area contributed by atoms with Crippen molar-refractivity contribution in [2.45, 2.75) is 96.2 Å². The molecule has 4 aliphatic rings. The highest BCUT2D eigenvalue weighted by molar-refractivity contribution is 5.66. The maximum Gasteiger partial charge on any atom is 0.303 e. The van der Waals surface area contributed by atoms with E-state index in [-0.39, 0.29) is 17.9 Å². The van der Waals surface area contributed by atoms with Crippen LogP contribution in [0.1, 0.15) is 84.5 Å². The van der Waals surface area contributed by atoms with E-state index in [4.69, 9.17) is 5.11 Å². The van der Waals surface area contributed by atoms with E-state index in [1.165, 1.54) is 12.8 Å². The zero-order valence-electron chi connectivity index (χ0n) is 16.4. The molecule has 3 N–H and O–H groups in total. The number of aliphatic carboxylic acids is 1. The molecular weight excluding hydrogens is 328 g/mol. The third-order valence-corrected chi connectivity index (χ3v) is 9.71. The molecule has 0 aromatic carbocycles. The number of carboxylic acid groups (broad SMARTS) is 1. The second-order valence-electron chi connectivity index (χ2n) is 10.5. The minimum atomic E-state index is -0.804. The predicted molar refractivity (Wildman–Crippen MR) is 99.6 cm³/mol. The van der Waals surface area contributed by atoms with Crippen LogP contribution >= 0.6 is 0 Å². The molecule has 4 saturated carbocycles. The number of aliphatic hydroxyl groups excluding tert-OH is 1. The van der Waals surface area contributed by atoms with Crippen LogP contribution < -0.4 is 0 Å². The molecule has 148 valence electrons. The average molecular weight is 365 g/mol. The quantitative estimate of drug-likeness (QED) is 0.708. The largest absolute Gasteiger partial charge is 0.481 e. The molecule has 0 aromatic rings. The van der Waals surface area contributed by atoms with E-state index in [0.29, 0.717) is 35.5 Å². The lowest BCUT2D eigenvalue weighted by molar-refractivity contribution is -0.163. The van der Waals surface area contributed by atoms with Crippen LogP contribution in [0.5, 0.6) is 0 Å². The van der Waals surface area contributed by atoms with Gasteiger partial charge in [-0.25, -0.2) is 0 Å². The van der Waals surface area contributed by atoms with Gasteiger partial charge in [0.1, 0.15) is 0 Å². The molecule has 4 heteroatoms. The highest BCUT2D eigenvalue weighted by atomic mass is 16.4. The monoisotopic (exact) mass is 364 g/mol. The van der Waals surface area contributed by atoms with Crippen LogP contribution in [0.3, 0.4) is 0 Å². The molecule has 0 aliphatic heterocycles. The van der Waals surface area contributed by atoms with E-state index in [1.54, 1.807) is 0 Å². The normalized spacial score (nSPS) is 53.5. The van der Waals surface area contributed by atoms with E-state index in [0.717, 1.165) is 44.9 Å². The fourth-order valence-corrected chi connectivity index (χ4v) is 8.07. The van der Waals surface area contributed by atoms with Crippen molar-refractivity contribution >= 4 is 5.97 Å². The van der Waals surface area contributed by atoms with Gasteiger partial charge in [-0.15, -0.1) is 0 Å². The molecule has 8 atom stereocenters. The van der Waals surface area contributed by atoms with Crippen molar-refractivity contribution in [3.05, 3.63) is 0 Å². The highest BCUT2D eigenvalue weighted by Crippen LogP contribution is 2.68. The molecule has 0 spiro atoms. The fourth-order valence-electron chi connectivity index (χ4n) is 8.07. The van der Waals surface area contributed by atoms with Gasteiger partial charge < -0.3 is 15.3 Å². The van der Waals surface area contributed by atoms with E-state index in [1.807, 2.05) is 0 Å². The van der Waals surface area contributed by atoms with Crippen LogP contribution in [0.4, 0.5) is 0 Å². The first kappa shape index (κ1) is 18.7. The van der Waals surface area contributed by atoms with Gasteiger partial charge in [0.2, 0.25) is 0 Å². The van der Waals surface area contributed by atoms with Gasteiger partial charge in [-0.05, 0) is 98.7 Å². The number of rotatable bonds is 3. The summed E-state index contributed by atoms with van der Waals surface area (Å²) in [7, 11) is 0. The van der Waals surface area contributed by atoms with E-state index in [2.05, 4.69) is 13.8 Å². The third-order valence-electron chi connectivity index (χ3n) is 9.71. The molecule has 26 heavy (non-hydrogen) atoms. The summed E-state index contributed by atoms with van der Waals surface area (Å²) < 4.78 is 0. The highest BCUT2D eigenvalue weighted by Gasteiger charge is 2.64. The lowest BCUT2D eigenvalue weighted by Crippen LogP contribution is -2.56. The Hall–Kier alpha value is -0.610. The van der Waals surface area contributed by atoms with Crippen molar-refractivity contribution in [1.29, 1.82) is 0 Å². The molecule has 2 unspecified atom stereocenters. The SMILES string of the molecule is C[C@]12CCC(O)CC1CC[C@@H]1[C@@H]2CC[C@@]2(C)[C@H]1CC[C@]2(O)CCC(=O)O. The van der Waals surface area contributed by atoms with Crippen LogP contribution in [-0.4, -0.2) is 33.0 Å².